The van der Waals surface area contributed by atoms with Crippen LogP contribution in [0.4, 0.5) is 4.79 Å². The highest BCUT2D eigenvalue weighted by Crippen LogP contribution is 2.30. The number of fused-ring (bicyclic) bond motifs is 1. The van der Waals surface area contributed by atoms with Crippen LogP contribution in [0.1, 0.15) is 10.4 Å². The summed E-state index contributed by atoms with van der Waals surface area (Å²) in [6.07, 6.45) is -0.380. The van der Waals surface area contributed by atoms with Crippen molar-refractivity contribution in [3.63, 3.8) is 0 Å². The first-order valence-corrected chi connectivity index (χ1v) is 9.48. The molecule has 1 aliphatic heterocycles. The number of benzene rings is 2. The van der Waals surface area contributed by atoms with Crippen LogP contribution in [0.3, 0.4) is 0 Å². The molecule has 1 unspecified atom stereocenters. The van der Waals surface area contributed by atoms with Crippen LogP contribution >= 0.6 is 22.6 Å². The first kappa shape index (κ1) is 19.9. The maximum Gasteiger partial charge on any atom is 0.338 e. The van der Waals surface area contributed by atoms with Gasteiger partial charge < -0.3 is 19.5 Å². The van der Waals surface area contributed by atoms with Crippen molar-refractivity contribution in [1.82, 2.24) is 10.6 Å². The largest absolute Gasteiger partial charge is 0.486 e. The second-order valence-corrected chi connectivity index (χ2v) is 7.09. The lowest BCUT2D eigenvalue weighted by Crippen LogP contribution is -2.46. The quantitative estimate of drug-likeness (QED) is 0.486. The number of hydrogen-bond acceptors (Lipinski definition) is 6. The topological polar surface area (TPSA) is 103 Å². The van der Waals surface area contributed by atoms with Crippen molar-refractivity contribution in [3.8, 4) is 11.5 Å². The van der Waals surface area contributed by atoms with E-state index < -0.39 is 24.5 Å². The van der Waals surface area contributed by atoms with Gasteiger partial charge in [0, 0.05) is 3.57 Å². The lowest BCUT2D eigenvalue weighted by atomic mass is 10.2. The minimum Gasteiger partial charge on any atom is -0.486 e. The fourth-order valence-corrected chi connectivity index (χ4v) is 2.95. The summed E-state index contributed by atoms with van der Waals surface area (Å²) in [4.78, 5) is 35.5. The number of amides is 3. The summed E-state index contributed by atoms with van der Waals surface area (Å²) in [6.45, 7) is -0.136. The molecular formula is C19H17IN2O6. The summed E-state index contributed by atoms with van der Waals surface area (Å²) in [5, 5.41) is 4.62. The van der Waals surface area contributed by atoms with E-state index in [0.29, 0.717) is 17.1 Å². The van der Waals surface area contributed by atoms with E-state index in [1.54, 1.807) is 30.3 Å². The van der Waals surface area contributed by atoms with Gasteiger partial charge in [-0.2, -0.15) is 0 Å². The molecule has 146 valence electrons. The lowest BCUT2D eigenvalue weighted by molar-refractivity contribution is -0.123. The standard InChI is InChI=1S/C19H17IN2O6/c20-13-5-3-4-12(8-13)18(24)27-11-17(23)22-19(25)21-9-14-10-26-15-6-1-2-7-16(15)28-14/h1-8,14H,9-11H2,(H2,21,22,23,25). The average Bonchev–Trinajstić information content (AvgIpc) is 2.70. The number of esters is 1. The molecule has 2 aromatic carbocycles. The van der Waals surface area contributed by atoms with Crippen LogP contribution < -0.4 is 20.1 Å². The van der Waals surface area contributed by atoms with Crippen molar-refractivity contribution in [2.24, 2.45) is 0 Å². The van der Waals surface area contributed by atoms with E-state index in [9.17, 15) is 14.4 Å². The number of para-hydroxylation sites is 2. The first-order chi connectivity index (χ1) is 13.5. The number of imide groups is 1. The number of nitrogens with one attached hydrogen (secondary N) is 2. The Kier molecular flexibility index (Phi) is 6.69. The molecule has 1 aliphatic rings. The summed E-state index contributed by atoms with van der Waals surface area (Å²) < 4.78 is 17.0. The van der Waals surface area contributed by atoms with E-state index in [1.807, 2.05) is 18.2 Å². The van der Waals surface area contributed by atoms with Crippen LogP contribution in [0.5, 0.6) is 11.5 Å². The van der Waals surface area contributed by atoms with Gasteiger partial charge in [-0.3, -0.25) is 10.1 Å². The molecule has 2 N–H and O–H groups in total. The molecule has 1 heterocycles. The van der Waals surface area contributed by atoms with Crippen molar-refractivity contribution >= 4 is 40.5 Å². The highest BCUT2D eigenvalue weighted by Gasteiger charge is 2.21. The molecule has 0 bridgehead atoms. The van der Waals surface area contributed by atoms with Gasteiger partial charge in [-0.25, -0.2) is 9.59 Å². The summed E-state index contributed by atoms with van der Waals surface area (Å²) in [5.74, 6) is -0.129. The Morgan fingerprint density at radius 3 is 2.68 bits per heavy atom. The molecular weight excluding hydrogens is 479 g/mol. The van der Waals surface area contributed by atoms with Crippen LogP contribution in [-0.4, -0.2) is 43.8 Å². The third-order valence-electron chi connectivity index (χ3n) is 3.71. The van der Waals surface area contributed by atoms with Gasteiger partial charge in [0.15, 0.2) is 24.2 Å². The summed E-state index contributed by atoms with van der Waals surface area (Å²) in [5.41, 5.74) is 0.332. The van der Waals surface area contributed by atoms with E-state index in [-0.39, 0.29) is 19.3 Å². The second kappa shape index (κ2) is 9.40. The Morgan fingerprint density at radius 1 is 1.11 bits per heavy atom. The van der Waals surface area contributed by atoms with E-state index in [1.165, 1.54) is 0 Å². The van der Waals surface area contributed by atoms with Gasteiger partial charge in [-0.1, -0.05) is 18.2 Å². The van der Waals surface area contributed by atoms with Crippen molar-refractivity contribution in [2.75, 3.05) is 19.8 Å². The predicted octanol–water partition coefficient (Wildman–Crippen LogP) is 2.11. The Labute approximate surface area is 174 Å². The minimum atomic E-state index is -0.734. The van der Waals surface area contributed by atoms with Gasteiger partial charge in [-0.05, 0) is 52.9 Å². The van der Waals surface area contributed by atoms with Crippen LogP contribution in [0, 0.1) is 3.57 Å². The molecule has 0 aliphatic carbocycles. The van der Waals surface area contributed by atoms with Gasteiger partial charge in [0.05, 0.1) is 12.1 Å². The smallest absolute Gasteiger partial charge is 0.338 e. The van der Waals surface area contributed by atoms with E-state index >= 15 is 0 Å². The molecule has 28 heavy (non-hydrogen) atoms. The number of carbonyl (C=O) groups is 3. The molecule has 9 heteroatoms. The molecule has 2 aromatic rings. The molecule has 0 aromatic heterocycles. The van der Waals surface area contributed by atoms with Crippen molar-refractivity contribution < 1.29 is 28.6 Å². The minimum absolute atomic E-state index is 0.148. The Balaban J connectivity index is 1.38. The number of halogens is 1. The molecule has 0 spiro atoms. The molecule has 0 saturated carbocycles. The fraction of sp³-hybridized carbons (Fsp3) is 0.211. The van der Waals surface area contributed by atoms with Crippen molar-refractivity contribution in [1.29, 1.82) is 0 Å². The van der Waals surface area contributed by atoms with E-state index in [2.05, 4.69) is 33.2 Å². The molecule has 3 amide bonds. The maximum atomic E-state index is 11.9. The van der Waals surface area contributed by atoms with Gasteiger partial charge >= 0.3 is 12.0 Å². The maximum absolute atomic E-state index is 11.9. The number of carbonyl (C=O) groups excluding carboxylic acids is 3. The zero-order valence-corrected chi connectivity index (χ0v) is 16.8. The molecule has 1 atom stereocenters. The summed E-state index contributed by atoms with van der Waals surface area (Å²) in [6, 6.07) is 13.3. The van der Waals surface area contributed by atoms with Gasteiger partial charge in [0.1, 0.15) is 6.61 Å². The zero-order chi connectivity index (χ0) is 19.9. The van der Waals surface area contributed by atoms with Crippen LogP contribution in [-0.2, 0) is 9.53 Å². The molecule has 0 fully saturated rings. The number of hydrogen-bond donors (Lipinski definition) is 2. The summed E-state index contributed by atoms with van der Waals surface area (Å²) >= 11 is 2.07. The summed E-state index contributed by atoms with van der Waals surface area (Å²) in [7, 11) is 0. The molecule has 0 radical (unpaired) electrons. The lowest BCUT2D eigenvalue weighted by Gasteiger charge is -2.26. The third-order valence-corrected chi connectivity index (χ3v) is 4.38. The van der Waals surface area contributed by atoms with Gasteiger partial charge in [0.25, 0.3) is 5.91 Å². The molecule has 8 nitrogen and oxygen atoms in total. The van der Waals surface area contributed by atoms with Crippen molar-refractivity contribution in [3.05, 3.63) is 57.7 Å². The van der Waals surface area contributed by atoms with Crippen LogP contribution in [0.2, 0.25) is 0 Å². The number of ether oxygens (including phenoxy) is 3. The van der Waals surface area contributed by atoms with E-state index in [0.717, 1.165) is 3.57 Å². The fourth-order valence-electron chi connectivity index (χ4n) is 2.41. The number of rotatable bonds is 5. The normalized spacial score (nSPS) is 14.7. The molecule has 3 rings (SSSR count). The Hall–Kier alpha value is -2.82. The Morgan fingerprint density at radius 2 is 1.89 bits per heavy atom. The zero-order valence-electron chi connectivity index (χ0n) is 14.6. The van der Waals surface area contributed by atoms with Crippen LogP contribution in [0.15, 0.2) is 48.5 Å². The molecule has 0 saturated heterocycles. The third kappa shape index (κ3) is 5.59. The van der Waals surface area contributed by atoms with Crippen LogP contribution in [0.25, 0.3) is 0 Å². The van der Waals surface area contributed by atoms with Gasteiger partial charge in [-0.15, -0.1) is 0 Å². The van der Waals surface area contributed by atoms with E-state index in [4.69, 9.17) is 14.2 Å². The first-order valence-electron chi connectivity index (χ1n) is 8.40. The highest BCUT2D eigenvalue weighted by atomic mass is 127. The monoisotopic (exact) mass is 496 g/mol. The SMILES string of the molecule is O=C(COC(=O)c1cccc(I)c1)NC(=O)NCC1COc2ccccc2O1. The second-order valence-electron chi connectivity index (χ2n) is 5.84. The van der Waals surface area contributed by atoms with Gasteiger partial charge in [0.2, 0.25) is 0 Å². The average molecular weight is 496 g/mol. The highest BCUT2D eigenvalue weighted by molar-refractivity contribution is 14.1. The van der Waals surface area contributed by atoms with Crippen molar-refractivity contribution in [2.45, 2.75) is 6.10 Å². The number of urea groups is 1. The predicted molar refractivity (Wildman–Crippen MR) is 107 cm³/mol. The Bertz CT molecular complexity index is 888.